The normalized spacial score (nSPS) is 8.62. The molecule has 13 heavy (non-hydrogen) atoms. The lowest BCUT2D eigenvalue weighted by Gasteiger charge is -1.89. The second-order valence-corrected chi connectivity index (χ2v) is 2.27. The molecule has 0 unspecified atom stereocenters. The number of carbonyl (C=O) groups is 1. The van der Waals surface area contributed by atoms with E-state index in [1.807, 2.05) is 0 Å². The number of carboxylic acids is 1. The number of nitrogens with zero attached hydrogens (tertiary/aromatic N) is 1. The highest BCUT2D eigenvalue weighted by Gasteiger charge is 1.91. The molecule has 1 aromatic rings. The van der Waals surface area contributed by atoms with Crippen LogP contribution in [-0.4, -0.2) is 21.2 Å². The van der Waals surface area contributed by atoms with E-state index in [0.29, 0.717) is 5.69 Å². The first kappa shape index (κ1) is 9.07. The molecule has 0 amide bonds. The van der Waals surface area contributed by atoms with Crippen LogP contribution in [0.25, 0.3) is 0 Å². The summed E-state index contributed by atoms with van der Waals surface area (Å²) in [6, 6.07) is 2.96. The first-order valence-electron chi connectivity index (χ1n) is 3.54. The van der Waals surface area contributed by atoms with Gasteiger partial charge in [0.25, 0.3) is 0 Å². The van der Waals surface area contributed by atoms with Gasteiger partial charge >= 0.3 is 5.97 Å². The van der Waals surface area contributed by atoms with Crippen molar-refractivity contribution in [2.75, 3.05) is 0 Å². The molecule has 0 aliphatic rings. The minimum absolute atomic E-state index is 0.0591. The van der Waals surface area contributed by atoms with Gasteiger partial charge in [-0.1, -0.05) is 5.92 Å². The average molecular weight is 177 g/mol. The molecule has 1 rings (SSSR count). The highest BCUT2D eigenvalue weighted by atomic mass is 16.4. The van der Waals surface area contributed by atoms with Crippen molar-refractivity contribution in [1.29, 1.82) is 0 Å². The number of carboxylic acid groups (broad SMARTS) is 1. The molecular weight excluding hydrogens is 170 g/mol. The van der Waals surface area contributed by atoms with Crippen LogP contribution in [0.15, 0.2) is 18.3 Å². The number of hydrogen-bond donors (Lipinski definition) is 2. The Morgan fingerprint density at radius 2 is 2.31 bits per heavy atom. The zero-order valence-electron chi connectivity index (χ0n) is 6.69. The van der Waals surface area contributed by atoms with E-state index in [2.05, 4.69) is 16.8 Å². The van der Waals surface area contributed by atoms with E-state index >= 15 is 0 Å². The van der Waals surface area contributed by atoms with E-state index in [9.17, 15) is 4.79 Å². The summed E-state index contributed by atoms with van der Waals surface area (Å²) in [5.41, 5.74) is 0.444. The highest BCUT2D eigenvalue weighted by molar-refractivity contribution is 5.70. The second-order valence-electron chi connectivity index (χ2n) is 2.27. The van der Waals surface area contributed by atoms with Crippen molar-refractivity contribution < 1.29 is 15.0 Å². The predicted molar refractivity (Wildman–Crippen MR) is 45.0 cm³/mol. The van der Waals surface area contributed by atoms with Crippen molar-refractivity contribution in [3.05, 3.63) is 24.0 Å². The van der Waals surface area contributed by atoms with Crippen molar-refractivity contribution in [2.45, 2.75) is 6.42 Å². The molecule has 0 spiro atoms. The van der Waals surface area contributed by atoms with Gasteiger partial charge in [-0.2, -0.15) is 0 Å². The lowest BCUT2D eigenvalue weighted by Crippen LogP contribution is -1.90. The zero-order valence-corrected chi connectivity index (χ0v) is 6.69. The van der Waals surface area contributed by atoms with Crippen LogP contribution in [0.2, 0.25) is 0 Å². The Labute approximate surface area is 74.9 Å². The molecule has 0 aliphatic heterocycles. The molecule has 0 aliphatic carbocycles. The van der Waals surface area contributed by atoms with E-state index in [1.54, 1.807) is 0 Å². The molecule has 4 nitrogen and oxygen atoms in total. The van der Waals surface area contributed by atoms with Crippen molar-refractivity contribution in [1.82, 2.24) is 4.98 Å². The number of aliphatic carboxylic acids is 1. The molecule has 66 valence electrons. The molecule has 0 saturated heterocycles. The Balaban J connectivity index is 2.67. The third-order valence-electron chi connectivity index (χ3n) is 1.20. The quantitative estimate of drug-likeness (QED) is 0.616. The zero-order chi connectivity index (χ0) is 9.68. The average Bonchev–Trinajstić information content (AvgIpc) is 2.08. The van der Waals surface area contributed by atoms with Crippen molar-refractivity contribution in [3.63, 3.8) is 0 Å². The van der Waals surface area contributed by atoms with Gasteiger partial charge in [-0.15, -0.1) is 0 Å². The van der Waals surface area contributed by atoms with E-state index in [4.69, 9.17) is 10.2 Å². The van der Waals surface area contributed by atoms with Gasteiger partial charge in [0, 0.05) is 0 Å². The topological polar surface area (TPSA) is 70.4 Å². The number of aromatic hydroxyl groups is 1. The Kier molecular flexibility index (Phi) is 2.87. The minimum atomic E-state index is -0.966. The molecule has 2 N–H and O–H groups in total. The maximum Gasteiger partial charge on any atom is 0.315 e. The first-order chi connectivity index (χ1) is 6.18. The van der Waals surface area contributed by atoms with Crippen LogP contribution < -0.4 is 0 Å². The number of rotatable bonds is 1. The number of hydrogen-bond acceptors (Lipinski definition) is 3. The smallest absolute Gasteiger partial charge is 0.315 e. The monoisotopic (exact) mass is 177 g/mol. The van der Waals surface area contributed by atoms with E-state index in [1.165, 1.54) is 18.3 Å². The standard InChI is InChI=1S/C9H7NO3/c11-8-5-4-7(10-6-8)2-1-3-9(12)13/h4-6,11H,3H2,(H,12,13). The van der Waals surface area contributed by atoms with Crippen LogP contribution in [0.1, 0.15) is 12.1 Å². The van der Waals surface area contributed by atoms with Crippen molar-refractivity contribution in [2.24, 2.45) is 0 Å². The van der Waals surface area contributed by atoms with Crippen LogP contribution in [-0.2, 0) is 4.79 Å². The van der Waals surface area contributed by atoms with Crippen LogP contribution in [0.4, 0.5) is 0 Å². The lowest BCUT2D eigenvalue weighted by atomic mass is 10.3. The fourth-order valence-electron chi connectivity index (χ4n) is 0.670. The second kappa shape index (κ2) is 4.12. The Hall–Kier alpha value is -2.02. The van der Waals surface area contributed by atoms with Gasteiger partial charge in [-0.05, 0) is 18.1 Å². The van der Waals surface area contributed by atoms with Gasteiger partial charge < -0.3 is 10.2 Å². The fraction of sp³-hybridized carbons (Fsp3) is 0.111. The van der Waals surface area contributed by atoms with Gasteiger partial charge in [0.05, 0.1) is 6.20 Å². The van der Waals surface area contributed by atoms with E-state index in [0.717, 1.165) is 0 Å². The minimum Gasteiger partial charge on any atom is -0.506 e. The SMILES string of the molecule is O=C(O)CC#Cc1ccc(O)cn1. The molecule has 0 radical (unpaired) electrons. The molecule has 1 aromatic heterocycles. The largest absolute Gasteiger partial charge is 0.506 e. The van der Waals surface area contributed by atoms with Crippen molar-refractivity contribution >= 4 is 5.97 Å². The molecule has 0 bridgehead atoms. The van der Waals surface area contributed by atoms with Crippen LogP contribution in [0.3, 0.4) is 0 Å². The summed E-state index contributed by atoms with van der Waals surface area (Å²) in [5.74, 6) is 4.07. The highest BCUT2D eigenvalue weighted by Crippen LogP contribution is 2.04. The van der Waals surface area contributed by atoms with Crippen molar-refractivity contribution in [3.8, 4) is 17.6 Å². The molecule has 0 fully saturated rings. The summed E-state index contributed by atoms with van der Waals surface area (Å²) in [5, 5.41) is 17.1. The van der Waals surface area contributed by atoms with E-state index < -0.39 is 5.97 Å². The summed E-state index contributed by atoms with van der Waals surface area (Å²) in [6.07, 6.45) is 1.05. The van der Waals surface area contributed by atoms with E-state index in [-0.39, 0.29) is 12.2 Å². The fourth-order valence-corrected chi connectivity index (χ4v) is 0.670. The molecule has 0 atom stereocenters. The molecule has 0 aromatic carbocycles. The van der Waals surface area contributed by atoms with Gasteiger partial charge in [-0.3, -0.25) is 4.79 Å². The third kappa shape index (κ3) is 3.25. The molecule has 4 heteroatoms. The Morgan fingerprint density at radius 1 is 1.54 bits per heavy atom. The maximum absolute atomic E-state index is 10.1. The summed E-state index contributed by atoms with van der Waals surface area (Å²) in [6.45, 7) is 0. The van der Waals surface area contributed by atoms with Gasteiger partial charge in [0.1, 0.15) is 17.9 Å². The van der Waals surface area contributed by atoms with Gasteiger partial charge in [0.2, 0.25) is 0 Å². The summed E-state index contributed by atoms with van der Waals surface area (Å²) in [4.78, 5) is 13.8. The van der Waals surface area contributed by atoms with Crippen LogP contribution >= 0.6 is 0 Å². The number of pyridine rings is 1. The summed E-state index contributed by atoms with van der Waals surface area (Å²) in [7, 11) is 0. The third-order valence-corrected chi connectivity index (χ3v) is 1.20. The summed E-state index contributed by atoms with van der Waals surface area (Å²) >= 11 is 0. The predicted octanol–water partition coefficient (Wildman–Crippen LogP) is 0.613. The summed E-state index contributed by atoms with van der Waals surface area (Å²) < 4.78 is 0. The Bertz CT molecular complexity index is 359. The lowest BCUT2D eigenvalue weighted by molar-refractivity contribution is -0.135. The van der Waals surface area contributed by atoms with Crippen LogP contribution in [0.5, 0.6) is 5.75 Å². The molecular formula is C9H7NO3. The maximum atomic E-state index is 10.1. The first-order valence-corrected chi connectivity index (χ1v) is 3.54. The Morgan fingerprint density at radius 3 is 2.85 bits per heavy atom. The molecule has 0 saturated carbocycles. The van der Waals surface area contributed by atoms with Gasteiger partial charge in [-0.25, -0.2) is 4.98 Å². The van der Waals surface area contributed by atoms with Crippen LogP contribution in [0, 0.1) is 11.8 Å². The van der Waals surface area contributed by atoms with Gasteiger partial charge in [0.15, 0.2) is 0 Å². The molecule has 1 heterocycles. The number of aromatic nitrogens is 1.